The average Bonchev–Trinajstić information content (AvgIpc) is 1.76. The van der Waals surface area contributed by atoms with Crippen molar-refractivity contribution in [3.8, 4) is 0 Å². The Hall–Kier alpha value is -0.300. The average molecular weight is 85.1 g/mol. The van der Waals surface area contributed by atoms with Crippen LogP contribution in [-0.4, -0.2) is 13.1 Å². The van der Waals surface area contributed by atoms with E-state index in [1.807, 2.05) is 0 Å². The highest BCUT2D eigenvalue weighted by atomic mass is 14.9. The lowest BCUT2D eigenvalue weighted by Gasteiger charge is -1.77. The maximum Gasteiger partial charge on any atom is 0.0138 e. The van der Waals surface area contributed by atoms with Crippen LogP contribution in [-0.2, 0) is 0 Å². The first-order valence-electron chi connectivity index (χ1n) is 1.86. The number of hydrogen-bond donors (Lipinski definition) is 1. The van der Waals surface area contributed by atoms with E-state index in [-0.39, 0.29) is 7.43 Å². The van der Waals surface area contributed by atoms with Crippen molar-refractivity contribution in [2.24, 2.45) is 0 Å². The van der Waals surface area contributed by atoms with E-state index in [0.717, 1.165) is 13.1 Å². The highest BCUT2D eigenvalue weighted by Gasteiger charge is 1.81. The van der Waals surface area contributed by atoms with Gasteiger partial charge in [-0.25, -0.2) is 0 Å². The zero-order chi connectivity index (χ0) is 3.54. The SMILES string of the molecule is C.C1=CCNC1. The fourth-order valence-electron chi connectivity index (χ4n) is 0.417. The van der Waals surface area contributed by atoms with Gasteiger partial charge in [-0.2, -0.15) is 0 Å². The summed E-state index contributed by atoms with van der Waals surface area (Å²) in [6, 6.07) is 0. The van der Waals surface area contributed by atoms with Crippen molar-refractivity contribution in [3.05, 3.63) is 12.2 Å². The van der Waals surface area contributed by atoms with Gasteiger partial charge in [-0.3, -0.25) is 0 Å². The fraction of sp³-hybridized carbons (Fsp3) is 0.600. The highest BCUT2D eigenvalue weighted by molar-refractivity contribution is 4.92. The molecule has 0 amide bonds. The van der Waals surface area contributed by atoms with Gasteiger partial charge in [0.05, 0.1) is 0 Å². The van der Waals surface area contributed by atoms with Crippen LogP contribution in [0, 0.1) is 0 Å². The summed E-state index contributed by atoms with van der Waals surface area (Å²) < 4.78 is 0. The molecule has 1 nitrogen and oxygen atoms in total. The van der Waals surface area contributed by atoms with Crippen molar-refractivity contribution in [1.29, 1.82) is 0 Å². The largest absolute Gasteiger partial charge is 0.310 e. The number of nitrogens with one attached hydrogen (secondary N) is 1. The summed E-state index contributed by atoms with van der Waals surface area (Å²) in [5.74, 6) is 0. The lowest BCUT2D eigenvalue weighted by Crippen LogP contribution is -2.04. The third-order valence-electron chi connectivity index (χ3n) is 0.691. The Bertz CT molecular complexity index is 41.9. The third kappa shape index (κ3) is 1.22. The molecule has 6 heavy (non-hydrogen) atoms. The first-order chi connectivity index (χ1) is 2.50. The van der Waals surface area contributed by atoms with Crippen molar-refractivity contribution in [2.75, 3.05) is 13.1 Å². The van der Waals surface area contributed by atoms with Crippen LogP contribution >= 0.6 is 0 Å². The second-order valence-electron chi connectivity index (χ2n) is 1.13. The molecule has 0 aromatic heterocycles. The summed E-state index contributed by atoms with van der Waals surface area (Å²) in [5.41, 5.74) is 0. The topological polar surface area (TPSA) is 12.0 Å². The van der Waals surface area contributed by atoms with Gasteiger partial charge in [-0.15, -0.1) is 0 Å². The minimum atomic E-state index is 0. The van der Waals surface area contributed by atoms with E-state index < -0.39 is 0 Å². The Morgan fingerprint density at radius 3 is 1.83 bits per heavy atom. The zero-order valence-corrected chi connectivity index (χ0v) is 3.07. The van der Waals surface area contributed by atoms with Crippen LogP contribution in [0.4, 0.5) is 0 Å². The molecule has 1 aliphatic rings. The van der Waals surface area contributed by atoms with E-state index in [0.29, 0.717) is 0 Å². The molecular formula is C5H11N. The molecule has 0 aliphatic carbocycles. The number of rotatable bonds is 0. The lowest BCUT2D eigenvalue weighted by atomic mass is 10.6. The van der Waals surface area contributed by atoms with Crippen molar-refractivity contribution in [2.45, 2.75) is 7.43 Å². The second-order valence-corrected chi connectivity index (χ2v) is 1.13. The van der Waals surface area contributed by atoms with Gasteiger partial charge in [0.15, 0.2) is 0 Å². The molecule has 1 aliphatic heterocycles. The molecule has 36 valence electrons. The Morgan fingerprint density at radius 2 is 1.67 bits per heavy atom. The van der Waals surface area contributed by atoms with E-state index in [1.165, 1.54) is 0 Å². The van der Waals surface area contributed by atoms with Crippen LogP contribution in [0.1, 0.15) is 7.43 Å². The molecule has 1 N–H and O–H groups in total. The Balaban J connectivity index is 0.000000250. The van der Waals surface area contributed by atoms with Crippen LogP contribution in [0.25, 0.3) is 0 Å². The highest BCUT2D eigenvalue weighted by Crippen LogP contribution is 1.75. The van der Waals surface area contributed by atoms with Crippen molar-refractivity contribution in [3.63, 3.8) is 0 Å². The van der Waals surface area contributed by atoms with Crippen LogP contribution in [0.2, 0.25) is 0 Å². The van der Waals surface area contributed by atoms with E-state index >= 15 is 0 Å². The monoisotopic (exact) mass is 85.1 g/mol. The van der Waals surface area contributed by atoms with Crippen LogP contribution in [0.5, 0.6) is 0 Å². The zero-order valence-electron chi connectivity index (χ0n) is 3.07. The molecule has 1 heteroatoms. The maximum atomic E-state index is 3.11. The maximum absolute atomic E-state index is 3.11. The lowest BCUT2D eigenvalue weighted by molar-refractivity contribution is 0.892. The quantitative estimate of drug-likeness (QED) is 0.429. The minimum Gasteiger partial charge on any atom is -0.310 e. The summed E-state index contributed by atoms with van der Waals surface area (Å²) in [5, 5.41) is 3.11. The predicted molar refractivity (Wildman–Crippen MR) is 28.7 cm³/mol. The fourth-order valence-corrected chi connectivity index (χ4v) is 0.417. The first-order valence-corrected chi connectivity index (χ1v) is 1.86. The van der Waals surface area contributed by atoms with Crippen LogP contribution < -0.4 is 5.32 Å². The van der Waals surface area contributed by atoms with Crippen molar-refractivity contribution >= 4 is 0 Å². The Labute approximate surface area is 39.1 Å². The Kier molecular flexibility index (Phi) is 2.77. The molecule has 1 rings (SSSR count). The normalized spacial score (nSPS) is 17.3. The van der Waals surface area contributed by atoms with Gasteiger partial charge in [0.2, 0.25) is 0 Å². The van der Waals surface area contributed by atoms with Crippen molar-refractivity contribution in [1.82, 2.24) is 5.32 Å². The summed E-state index contributed by atoms with van der Waals surface area (Å²) in [6.07, 6.45) is 4.25. The Morgan fingerprint density at radius 1 is 1.17 bits per heavy atom. The van der Waals surface area contributed by atoms with Gasteiger partial charge in [0, 0.05) is 13.1 Å². The molecule has 0 aromatic rings. The molecule has 0 atom stereocenters. The summed E-state index contributed by atoms with van der Waals surface area (Å²) >= 11 is 0. The van der Waals surface area contributed by atoms with Crippen molar-refractivity contribution < 1.29 is 0 Å². The standard InChI is InChI=1S/C4H7N.CH4/c1-2-4-5-3-1;/h1-2,5H,3-4H2;1H4. The smallest absolute Gasteiger partial charge is 0.0138 e. The molecular weight excluding hydrogens is 74.1 g/mol. The van der Waals surface area contributed by atoms with E-state index in [9.17, 15) is 0 Å². The van der Waals surface area contributed by atoms with Gasteiger partial charge >= 0.3 is 0 Å². The molecule has 0 aromatic carbocycles. The van der Waals surface area contributed by atoms with Gasteiger partial charge < -0.3 is 5.32 Å². The van der Waals surface area contributed by atoms with Crippen LogP contribution in [0.15, 0.2) is 12.2 Å². The molecule has 0 radical (unpaired) electrons. The third-order valence-corrected chi connectivity index (χ3v) is 0.691. The summed E-state index contributed by atoms with van der Waals surface area (Å²) in [6.45, 7) is 2.14. The molecule has 0 spiro atoms. The molecule has 0 fully saturated rings. The van der Waals surface area contributed by atoms with Gasteiger partial charge in [0.25, 0.3) is 0 Å². The summed E-state index contributed by atoms with van der Waals surface area (Å²) in [7, 11) is 0. The first kappa shape index (κ1) is 5.70. The molecule has 1 heterocycles. The molecule has 0 bridgehead atoms. The van der Waals surface area contributed by atoms with Gasteiger partial charge in [0.1, 0.15) is 0 Å². The summed E-state index contributed by atoms with van der Waals surface area (Å²) in [4.78, 5) is 0. The molecule has 0 saturated carbocycles. The predicted octanol–water partition coefficient (Wildman–Crippen LogP) is 0.782. The van der Waals surface area contributed by atoms with E-state index in [1.54, 1.807) is 0 Å². The van der Waals surface area contributed by atoms with Gasteiger partial charge in [-0.05, 0) is 0 Å². The van der Waals surface area contributed by atoms with E-state index in [2.05, 4.69) is 17.5 Å². The van der Waals surface area contributed by atoms with E-state index in [4.69, 9.17) is 0 Å². The minimum absolute atomic E-state index is 0. The van der Waals surface area contributed by atoms with Gasteiger partial charge in [-0.1, -0.05) is 19.6 Å². The second kappa shape index (κ2) is 2.91. The number of hydrogen-bond acceptors (Lipinski definition) is 1. The molecule has 0 saturated heterocycles. The van der Waals surface area contributed by atoms with Crippen LogP contribution in [0.3, 0.4) is 0 Å². The molecule has 0 unspecified atom stereocenters.